The Hall–Kier alpha value is -2.80. The number of anilines is 1. The second kappa shape index (κ2) is 8.69. The number of aryl methyl sites for hydroxylation is 1. The maximum absolute atomic E-state index is 13.3. The molecule has 1 amide bonds. The standard InChI is InChI=1S/C22H24N4O2S/c1-3-28-19-12-8-7-11-18(19)23-21(27)20(16-9-5-4-6-10-16)29-22-25-24-15(2)26(22)17-13-14-17/h4-12,17,20H,3,13-14H2,1-2H3,(H,23,27)/t20-/m0/s1. The molecule has 1 aromatic heterocycles. The van der Waals surface area contributed by atoms with Crippen LogP contribution in [0.3, 0.4) is 0 Å². The molecule has 3 aromatic rings. The summed E-state index contributed by atoms with van der Waals surface area (Å²) in [5.41, 5.74) is 1.59. The van der Waals surface area contributed by atoms with Gasteiger partial charge >= 0.3 is 0 Å². The van der Waals surface area contributed by atoms with Crippen LogP contribution in [0.4, 0.5) is 5.69 Å². The predicted octanol–water partition coefficient (Wildman–Crippen LogP) is 4.79. The average Bonchev–Trinajstić information content (AvgIpc) is 3.51. The second-order valence-corrected chi connectivity index (χ2v) is 8.03. The van der Waals surface area contributed by atoms with Crippen LogP contribution in [0.2, 0.25) is 0 Å². The van der Waals surface area contributed by atoms with Crippen molar-refractivity contribution in [1.29, 1.82) is 0 Å². The van der Waals surface area contributed by atoms with Gasteiger partial charge in [-0.3, -0.25) is 4.79 Å². The largest absolute Gasteiger partial charge is 0.492 e. The fourth-order valence-corrected chi connectivity index (χ4v) is 4.39. The number of hydrogen-bond acceptors (Lipinski definition) is 5. The summed E-state index contributed by atoms with van der Waals surface area (Å²) >= 11 is 1.44. The van der Waals surface area contributed by atoms with E-state index >= 15 is 0 Å². The number of amides is 1. The number of carbonyl (C=O) groups is 1. The smallest absolute Gasteiger partial charge is 0.242 e. The third kappa shape index (κ3) is 4.45. The third-order valence-corrected chi connectivity index (χ3v) is 5.97. The summed E-state index contributed by atoms with van der Waals surface area (Å²) in [6.45, 7) is 4.42. The van der Waals surface area contributed by atoms with Gasteiger partial charge in [0.2, 0.25) is 5.91 Å². The lowest BCUT2D eigenvalue weighted by atomic mass is 10.1. The lowest BCUT2D eigenvalue weighted by Gasteiger charge is -2.18. The molecule has 0 radical (unpaired) electrons. The van der Waals surface area contributed by atoms with Gasteiger partial charge in [-0.15, -0.1) is 10.2 Å². The van der Waals surface area contributed by atoms with Gasteiger partial charge < -0.3 is 14.6 Å². The Morgan fingerprint density at radius 3 is 2.62 bits per heavy atom. The van der Waals surface area contributed by atoms with E-state index in [2.05, 4.69) is 20.1 Å². The number of carbonyl (C=O) groups excluding carboxylic acids is 1. The molecular formula is C22H24N4O2S. The van der Waals surface area contributed by atoms with Crippen LogP contribution in [0.5, 0.6) is 5.75 Å². The number of para-hydroxylation sites is 2. The van der Waals surface area contributed by atoms with Crippen molar-refractivity contribution in [3.63, 3.8) is 0 Å². The van der Waals surface area contributed by atoms with Gasteiger partial charge in [0.15, 0.2) is 5.16 Å². The van der Waals surface area contributed by atoms with E-state index < -0.39 is 5.25 Å². The molecule has 1 fully saturated rings. The van der Waals surface area contributed by atoms with Crippen LogP contribution >= 0.6 is 11.8 Å². The highest BCUT2D eigenvalue weighted by molar-refractivity contribution is 8.00. The molecule has 2 aromatic carbocycles. The zero-order valence-electron chi connectivity index (χ0n) is 16.5. The number of nitrogens with one attached hydrogen (secondary N) is 1. The van der Waals surface area contributed by atoms with Crippen molar-refractivity contribution < 1.29 is 9.53 Å². The molecule has 1 aliphatic rings. The molecule has 0 saturated heterocycles. The molecule has 6 nitrogen and oxygen atoms in total. The normalized spacial score (nSPS) is 14.4. The van der Waals surface area contributed by atoms with Gasteiger partial charge in [-0.05, 0) is 44.4 Å². The maximum atomic E-state index is 13.3. The number of hydrogen-bond donors (Lipinski definition) is 1. The highest BCUT2D eigenvalue weighted by Crippen LogP contribution is 2.42. The quantitative estimate of drug-likeness (QED) is 0.543. The van der Waals surface area contributed by atoms with E-state index in [1.165, 1.54) is 11.8 Å². The molecule has 4 rings (SSSR count). The number of thioether (sulfide) groups is 1. The van der Waals surface area contributed by atoms with Gasteiger partial charge in [-0.2, -0.15) is 0 Å². The summed E-state index contributed by atoms with van der Waals surface area (Å²) in [5.74, 6) is 1.44. The lowest BCUT2D eigenvalue weighted by Crippen LogP contribution is -2.20. The molecule has 1 saturated carbocycles. The van der Waals surface area contributed by atoms with Gasteiger partial charge in [0.05, 0.1) is 12.3 Å². The van der Waals surface area contributed by atoms with Crippen molar-refractivity contribution in [3.8, 4) is 5.75 Å². The van der Waals surface area contributed by atoms with E-state index in [9.17, 15) is 4.79 Å². The van der Waals surface area contributed by atoms with E-state index in [0.717, 1.165) is 29.4 Å². The second-order valence-electron chi connectivity index (χ2n) is 6.96. The SMILES string of the molecule is CCOc1ccccc1NC(=O)[C@@H](Sc1nnc(C)n1C1CC1)c1ccccc1. The zero-order valence-corrected chi connectivity index (χ0v) is 17.4. The monoisotopic (exact) mass is 408 g/mol. The molecular weight excluding hydrogens is 384 g/mol. The molecule has 1 heterocycles. The van der Waals surface area contributed by atoms with Gasteiger partial charge in [0, 0.05) is 6.04 Å². The average molecular weight is 409 g/mol. The summed E-state index contributed by atoms with van der Waals surface area (Å²) in [7, 11) is 0. The Bertz CT molecular complexity index is 985. The number of rotatable bonds is 8. The Morgan fingerprint density at radius 2 is 1.90 bits per heavy atom. The van der Waals surface area contributed by atoms with Crippen molar-refractivity contribution >= 4 is 23.4 Å². The van der Waals surface area contributed by atoms with Crippen molar-refractivity contribution in [2.45, 2.75) is 43.1 Å². The topological polar surface area (TPSA) is 69.0 Å². The summed E-state index contributed by atoms with van der Waals surface area (Å²) in [4.78, 5) is 13.3. The molecule has 29 heavy (non-hydrogen) atoms. The molecule has 0 aliphatic heterocycles. The summed E-state index contributed by atoms with van der Waals surface area (Å²) in [6, 6.07) is 17.7. The van der Waals surface area contributed by atoms with E-state index in [-0.39, 0.29) is 5.91 Å². The highest BCUT2D eigenvalue weighted by Gasteiger charge is 2.31. The van der Waals surface area contributed by atoms with Crippen molar-refractivity contribution in [1.82, 2.24) is 14.8 Å². The predicted molar refractivity (Wildman–Crippen MR) is 114 cm³/mol. The molecule has 150 valence electrons. The van der Waals surface area contributed by atoms with Crippen LogP contribution in [-0.4, -0.2) is 27.3 Å². The van der Waals surface area contributed by atoms with Crippen molar-refractivity contribution in [2.75, 3.05) is 11.9 Å². The molecule has 1 atom stereocenters. The van der Waals surface area contributed by atoms with E-state index in [1.54, 1.807) is 0 Å². The third-order valence-electron chi connectivity index (χ3n) is 4.76. The molecule has 1 N–H and O–H groups in total. The van der Waals surface area contributed by atoms with Gasteiger partial charge in [-0.25, -0.2) is 0 Å². The van der Waals surface area contributed by atoms with Crippen LogP contribution in [0.25, 0.3) is 0 Å². The molecule has 0 spiro atoms. The molecule has 1 aliphatic carbocycles. The minimum atomic E-state index is -0.452. The van der Waals surface area contributed by atoms with Gasteiger partial charge in [-0.1, -0.05) is 54.2 Å². The Kier molecular flexibility index (Phi) is 5.85. The Labute approximate surface area is 174 Å². The van der Waals surface area contributed by atoms with Crippen molar-refractivity contribution in [3.05, 3.63) is 66.0 Å². The maximum Gasteiger partial charge on any atom is 0.242 e. The van der Waals surface area contributed by atoms with Crippen LogP contribution < -0.4 is 10.1 Å². The number of benzene rings is 2. The number of nitrogens with zero attached hydrogens (tertiary/aromatic N) is 3. The minimum Gasteiger partial charge on any atom is -0.492 e. The molecule has 7 heteroatoms. The first kappa shape index (κ1) is 19.5. The first-order valence-corrected chi connectivity index (χ1v) is 10.7. The Balaban J connectivity index is 1.62. The number of ether oxygens (including phenoxy) is 1. The minimum absolute atomic E-state index is 0.114. The highest BCUT2D eigenvalue weighted by atomic mass is 32.2. The summed E-state index contributed by atoms with van der Waals surface area (Å²) in [5, 5.41) is 12.0. The fourth-order valence-electron chi connectivity index (χ4n) is 3.24. The van der Waals surface area contributed by atoms with Gasteiger partial charge in [0.25, 0.3) is 0 Å². The Morgan fingerprint density at radius 1 is 1.17 bits per heavy atom. The van der Waals surface area contributed by atoms with Crippen LogP contribution in [0.1, 0.15) is 42.4 Å². The first-order valence-electron chi connectivity index (χ1n) is 9.83. The molecule has 0 bridgehead atoms. The summed E-state index contributed by atoms with van der Waals surface area (Å²) < 4.78 is 7.81. The van der Waals surface area contributed by atoms with Crippen LogP contribution in [-0.2, 0) is 4.79 Å². The lowest BCUT2D eigenvalue weighted by molar-refractivity contribution is -0.115. The van der Waals surface area contributed by atoms with E-state index in [0.29, 0.717) is 24.1 Å². The van der Waals surface area contributed by atoms with Crippen LogP contribution in [0.15, 0.2) is 59.8 Å². The molecule has 0 unspecified atom stereocenters. The fraction of sp³-hybridized carbons (Fsp3) is 0.318. The summed E-state index contributed by atoms with van der Waals surface area (Å²) in [6.07, 6.45) is 2.27. The van der Waals surface area contributed by atoms with Gasteiger partial charge in [0.1, 0.15) is 16.8 Å². The number of aromatic nitrogens is 3. The van der Waals surface area contributed by atoms with E-state index in [1.807, 2.05) is 68.4 Å². The van der Waals surface area contributed by atoms with Crippen molar-refractivity contribution in [2.24, 2.45) is 0 Å². The zero-order chi connectivity index (χ0) is 20.2. The van der Waals surface area contributed by atoms with Crippen LogP contribution in [0, 0.1) is 6.92 Å². The first-order chi connectivity index (χ1) is 14.2. The van der Waals surface area contributed by atoms with E-state index in [4.69, 9.17) is 4.74 Å².